The molecule has 10 aromatic carbocycles. The van der Waals surface area contributed by atoms with Crippen molar-refractivity contribution in [2.45, 2.75) is 25.7 Å². The number of para-hydroxylation sites is 4. The molecule has 1 spiro atoms. The van der Waals surface area contributed by atoms with Crippen LogP contribution in [-0.4, -0.2) is 0 Å². The third-order valence-corrected chi connectivity index (χ3v) is 15.2. The van der Waals surface area contributed by atoms with Crippen LogP contribution < -0.4 is 4.90 Å². The molecule has 1 atom stereocenters. The Bertz CT molecular complexity index is 3990. The smallest absolute Gasteiger partial charge is 0.143 e. The summed E-state index contributed by atoms with van der Waals surface area (Å²) < 4.78 is 13.1. The molecule has 3 nitrogen and oxygen atoms in total. The van der Waals surface area contributed by atoms with Gasteiger partial charge in [-0.05, 0) is 123 Å². The lowest BCUT2D eigenvalue weighted by Crippen LogP contribution is -2.27. The van der Waals surface area contributed by atoms with E-state index in [4.69, 9.17) is 8.83 Å². The number of hydrogen-bond donors (Lipinski definition) is 0. The SMILES string of the molecule is C/C=C\C1=C(CC)c2ccccc2C12c1cc(-c3ccccc3)ccc1-c1c(N(c3ccc(-c4cccc5c4oc4ccccc45)cc3)c3ccc(-c4cccc5c4oc4ccccc45)cc3)cccc12. The van der Waals surface area contributed by atoms with Crippen LogP contribution in [0.3, 0.4) is 0 Å². The molecule has 1 unspecified atom stereocenters. The molecule has 2 aliphatic rings. The number of allylic oxidation sites excluding steroid dienone is 4. The molecule has 336 valence electrons. The molecular weight excluding hydrogens is 863 g/mol. The fraction of sp³-hybridized carbons (Fsp3) is 0.0588. The summed E-state index contributed by atoms with van der Waals surface area (Å²) in [5.74, 6) is 0. The quantitative estimate of drug-likeness (QED) is 0.152. The van der Waals surface area contributed by atoms with Gasteiger partial charge in [-0.25, -0.2) is 0 Å². The highest BCUT2D eigenvalue weighted by molar-refractivity contribution is 6.11. The van der Waals surface area contributed by atoms with Crippen molar-refractivity contribution in [3.63, 3.8) is 0 Å². The average Bonchev–Trinajstić information content (AvgIpc) is 4.17. The third-order valence-electron chi connectivity index (χ3n) is 15.2. The molecular formula is C68H47NO2. The molecule has 2 heterocycles. The summed E-state index contributed by atoms with van der Waals surface area (Å²) >= 11 is 0. The molecule has 0 N–H and O–H groups in total. The standard InChI is InChI=1S/C68H47NO2/c1-3-17-58-49(4-2)52-20-8-11-27-59(52)68(58)60-28-16-29-62(65(60)57-41-36-46(42-61(57)68)43-18-6-5-7-19-43)69(47-37-32-44(33-38-47)50-23-14-25-55-53-21-9-12-30-63(53)70-66(50)55)48-39-34-45(35-40-48)51-24-15-26-56-54-22-10-13-31-64(54)71-67(51)56/h3,5-42H,4H2,1-2H3/b17-3-. The first-order chi connectivity index (χ1) is 35.1. The molecule has 2 aromatic heterocycles. The molecule has 2 aliphatic carbocycles. The van der Waals surface area contributed by atoms with E-state index in [2.05, 4.69) is 243 Å². The Balaban J connectivity index is 0.998. The van der Waals surface area contributed by atoms with Crippen LogP contribution in [0.25, 0.3) is 94.0 Å². The Kier molecular flexibility index (Phi) is 9.31. The number of benzene rings is 10. The Morgan fingerprint density at radius 1 is 0.423 bits per heavy atom. The fourth-order valence-corrected chi connectivity index (χ4v) is 12.2. The summed E-state index contributed by atoms with van der Waals surface area (Å²) in [5, 5.41) is 4.50. The zero-order valence-electron chi connectivity index (χ0n) is 39.5. The maximum atomic E-state index is 6.55. The van der Waals surface area contributed by atoms with E-state index < -0.39 is 5.41 Å². The van der Waals surface area contributed by atoms with Crippen molar-refractivity contribution in [2.75, 3.05) is 4.90 Å². The van der Waals surface area contributed by atoms with Gasteiger partial charge in [0.2, 0.25) is 0 Å². The molecule has 12 aromatic rings. The normalized spacial score (nSPS) is 14.9. The number of fused-ring (bicyclic) bond motifs is 13. The van der Waals surface area contributed by atoms with E-state index in [9.17, 15) is 0 Å². The van der Waals surface area contributed by atoms with Gasteiger partial charge in [0.15, 0.2) is 0 Å². The number of anilines is 3. The molecule has 0 aliphatic heterocycles. The highest BCUT2D eigenvalue weighted by Crippen LogP contribution is 2.65. The Hall–Kier alpha value is -8.92. The second-order valence-electron chi connectivity index (χ2n) is 18.9. The summed E-state index contributed by atoms with van der Waals surface area (Å²) in [6, 6.07) is 81.8. The number of rotatable bonds is 8. The van der Waals surface area contributed by atoms with Gasteiger partial charge in [-0.2, -0.15) is 0 Å². The van der Waals surface area contributed by atoms with Crippen molar-refractivity contribution in [1.82, 2.24) is 0 Å². The van der Waals surface area contributed by atoms with Gasteiger partial charge in [-0.1, -0.05) is 195 Å². The molecule has 0 radical (unpaired) electrons. The predicted octanol–water partition coefficient (Wildman–Crippen LogP) is 19.0. The van der Waals surface area contributed by atoms with Crippen molar-refractivity contribution in [1.29, 1.82) is 0 Å². The van der Waals surface area contributed by atoms with Crippen LogP contribution >= 0.6 is 0 Å². The van der Waals surface area contributed by atoms with E-state index in [0.717, 1.165) is 89.6 Å². The van der Waals surface area contributed by atoms with Crippen LogP contribution in [0.2, 0.25) is 0 Å². The van der Waals surface area contributed by atoms with Gasteiger partial charge in [-0.15, -0.1) is 0 Å². The lowest BCUT2D eigenvalue weighted by Gasteiger charge is -2.33. The first-order valence-corrected chi connectivity index (χ1v) is 24.8. The van der Waals surface area contributed by atoms with Crippen molar-refractivity contribution in [2.24, 2.45) is 0 Å². The lowest BCUT2D eigenvalue weighted by molar-refractivity contribution is 0.669. The largest absolute Gasteiger partial charge is 0.455 e. The zero-order valence-corrected chi connectivity index (χ0v) is 39.5. The Labute approximate surface area is 412 Å². The van der Waals surface area contributed by atoms with Crippen molar-refractivity contribution in [3.8, 4) is 44.5 Å². The van der Waals surface area contributed by atoms with Crippen molar-refractivity contribution >= 4 is 66.5 Å². The maximum Gasteiger partial charge on any atom is 0.143 e. The van der Waals surface area contributed by atoms with E-state index in [0.29, 0.717) is 0 Å². The molecule has 0 saturated heterocycles. The minimum absolute atomic E-state index is 0.532. The van der Waals surface area contributed by atoms with E-state index in [1.807, 2.05) is 12.1 Å². The summed E-state index contributed by atoms with van der Waals surface area (Å²) in [5.41, 5.74) is 23.6. The van der Waals surface area contributed by atoms with E-state index in [-0.39, 0.29) is 0 Å². The molecule has 0 fully saturated rings. The topological polar surface area (TPSA) is 29.5 Å². The van der Waals surface area contributed by atoms with Gasteiger partial charge in [0.1, 0.15) is 22.3 Å². The monoisotopic (exact) mass is 909 g/mol. The van der Waals surface area contributed by atoms with Crippen LogP contribution in [0.1, 0.15) is 42.5 Å². The average molecular weight is 910 g/mol. The molecule has 0 saturated carbocycles. The summed E-state index contributed by atoms with van der Waals surface area (Å²) in [6.45, 7) is 4.46. The van der Waals surface area contributed by atoms with Crippen LogP contribution in [0.4, 0.5) is 17.1 Å². The van der Waals surface area contributed by atoms with Crippen LogP contribution in [0.15, 0.2) is 251 Å². The van der Waals surface area contributed by atoms with Gasteiger partial charge in [0.25, 0.3) is 0 Å². The van der Waals surface area contributed by atoms with Gasteiger partial charge >= 0.3 is 0 Å². The number of nitrogens with zero attached hydrogens (tertiary/aromatic N) is 1. The van der Waals surface area contributed by atoms with Crippen LogP contribution in [0, 0.1) is 0 Å². The molecule has 0 amide bonds. The first kappa shape index (κ1) is 41.1. The predicted molar refractivity (Wildman–Crippen MR) is 296 cm³/mol. The van der Waals surface area contributed by atoms with E-state index in [1.54, 1.807) is 0 Å². The number of hydrogen-bond acceptors (Lipinski definition) is 3. The molecule has 3 heteroatoms. The van der Waals surface area contributed by atoms with Gasteiger partial charge in [-0.3, -0.25) is 0 Å². The fourth-order valence-electron chi connectivity index (χ4n) is 12.2. The second kappa shape index (κ2) is 16.1. The maximum absolute atomic E-state index is 6.55. The minimum Gasteiger partial charge on any atom is -0.455 e. The van der Waals surface area contributed by atoms with Crippen LogP contribution in [-0.2, 0) is 5.41 Å². The summed E-state index contributed by atoms with van der Waals surface area (Å²) in [6.07, 6.45) is 5.55. The Morgan fingerprint density at radius 2 is 0.944 bits per heavy atom. The highest BCUT2D eigenvalue weighted by atomic mass is 16.3. The van der Waals surface area contributed by atoms with Gasteiger partial charge < -0.3 is 13.7 Å². The van der Waals surface area contributed by atoms with E-state index >= 15 is 0 Å². The summed E-state index contributed by atoms with van der Waals surface area (Å²) in [7, 11) is 0. The molecule has 14 rings (SSSR count). The van der Waals surface area contributed by atoms with E-state index in [1.165, 1.54) is 55.7 Å². The summed E-state index contributed by atoms with van der Waals surface area (Å²) in [4.78, 5) is 2.46. The van der Waals surface area contributed by atoms with Crippen molar-refractivity contribution < 1.29 is 8.83 Å². The van der Waals surface area contributed by atoms with Gasteiger partial charge in [0, 0.05) is 49.6 Å². The lowest BCUT2D eigenvalue weighted by atomic mass is 9.69. The Morgan fingerprint density at radius 3 is 1.56 bits per heavy atom. The molecule has 71 heavy (non-hydrogen) atoms. The number of furan rings is 2. The highest BCUT2D eigenvalue weighted by Gasteiger charge is 2.53. The zero-order chi connectivity index (χ0) is 47.2. The van der Waals surface area contributed by atoms with Gasteiger partial charge in [0.05, 0.1) is 11.1 Å². The molecule has 0 bridgehead atoms. The minimum atomic E-state index is -0.532. The first-order valence-electron chi connectivity index (χ1n) is 24.8. The third kappa shape index (κ3) is 6.03. The van der Waals surface area contributed by atoms with Crippen LogP contribution in [0.5, 0.6) is 0 Å². The second-order valence-corrected chi connectivity index (χ2v) is 18.9. The van der Waals surface area contributed by atoms with Crippen molar-refractivity contribution in [3.05, 3.63) is 264 Å².